The van der Waals surface area contributed by atoms with Crippen molar-refractivity contribution in [2.75, 3.05) is 11.9 Å². The highest BCUT2D eigenvalue weighted by Crippen LogP contribution is 2.15. The van der Waals surface area contributed by atoms with Gasteiger partial charge in [-0.25, -0.2) is 0 Å². The molecule has 0 spiro atoms. The van der Waals surface area contributed by atoms with Crippen molar-refractivity contribution in [2.24, 2.45) is 0 Å². The molecule has 4 heteroatoms. The Labute approximate surface area is 108 Å². The smallest absolute Gasteiger partial charge is 0.171 e. The van der Waals surface area contributed by atoms with Crippen LogP contribution in [-0.2, 0) is 6.42 Å². The molecule has 0 heterocycles. The van der Waals surface area contributed by atoms with Crippen LogP contribution >= 0.6 is 12.2 Å². The maximum atomic E-state index is 9.16. The molecule has 0 fully saturated rings. The van der Waals surface area contributed by atoms with Crippen molar-refractivity contribution in [1.82, 2.24) is 5.32 Å². The Bertz CT molecular complexity index is 391. The molecule has 3 nitrogen and oxygen atoms in total. The summed E-state index contributed by atoms with van der Waals surface area (Å²) in [4.78, 5) is 0. The normalized spacial score (nSPS) is 11.1. The van der Waals surface area contributed by atoms with E-state index in [1.807, 2.05) is 32.0 Å². The Morgan fingerprint density at radius 2 is 2.00 bits per heavy atom. The molecule has 1 aromatic rings. The van der Waals surface area contributed by atoms with Gasteiger partial charge in [0.25, 0.3) is 0 Å². The van der Waals surface area contributed by atoms with Crippen molar-refractivity contribution in [1.29, 1.82) is 0 Å². The molecule has 1 rings (SSSR count). The predicted octanol–water partition coefficient (Wildman–Crippen LogP) is 2.31. The summed E-state index contributed by atoms with van der Waals surface area (Å²) in [6.45, 7) is 5.93. The molecule has 0 saturated carbocycles. The zero-order chi connectivity index (χ0) is 12.9. The van der Waals surface area contributed by atoms with Crippen molar-refractivity contribution in [3.63, 3.8) is 0 Å². The summed E-state index contributed by atoms with van der Waals surface area (Å²) < 4.78 is 0. The van der Waals surface area contributed by atoms with Crippen molar-refractivity contribution < 1.29 is 5.11 Å². The van der Waals surface area contributed by atoms with E-state index >= 15 is 0 Å². The summed E-state index contributed by atoms with van der Waals surface area (Å²) in [5, 5.41) is 15.9. The number of aryl methyl sites for hydroxylation is 1. The van der Waals surface area contributed by atoms with E-state index in [-0.39, 0.29) is 6.61 Å². The number of para-hydroxylation sites is 1. The lowest BCUT2D eigenvalue weighted by Crippen LogP contribution is -2.48. The number of anilines is 1. The Morgan fingerprint density at radius 1 is 1.35 bits per heavy atom. The van der Waals surface area contributed by atoms with Crippen molar-refractivity contribution >= 4 is 23.0 Å². The van der Waals surface area contributed by atoms with Gasteiger partial charge >= 0.3 is 0 Å². The van der Waals surface area contributed by atoms with Crippen LogP contribution in [0.15, 0.2) is 24.3 Å². The van der Waals surface area contributed by atoms with E-state index in [1.54, 1.807) is 0 Å². The van der Waals surface area contributed by atoms with E-state index in [0.29, 0.717) is 5.11 Å². The monoisotopic (exact) mass is 252 g/mol. The van der Waals surface area contributed by atoms with Crippen molar-refractivity contribution in [2.45, 2.75) is 32.7 Å². The first kappa shape index (κ1) is 13.9. The van der Waals surface area contributed by atoms with Crippen LogP contribution in [0.4, 0.5) is 5.69 Å². The second-order valence-corrected chi connectivity index (χ2v) is 5.04. The number of nitrogens with one attached hydrogen (secondary N) is 2. The molecule has 0 unspecified atom stereocenters. The van der Waals surface area contributed by atoms with Crippen LogP contribution in [0.5, 0.6) is 0 Å². The number of aliphatic hydroxyl groups excluding tert-OH is 1. The largest absolute Gasteiger partial charge is 0.394 e. The molecule has 17 heavy (non-hydrogen) atoms. The Kier molecular flexibility index (Phi) is 4.90. The lowest BCUT2D eigenvalue weighted by molar-refractivity contribution is 0.207. The minimum Gasteiger partial charge on any atom is -0.394 e. The summed E-state index contributed by atoms with van der Waals surface area (Å²) >= 11 is 5.22. The third-order valence-corrected chi connectivity index (χ3v) is 2.70. The number of rotatable bonds is 4. The van der Waals surface area contributed by atoms with Gasteiger partial charge in [-0.15, -0.1) is 0 Å². The molecular weight excluding hydrogens is 232 g/mol. The zero-order valence-electron chi connectivity index (χ0n) is 10.6. The predicted molar refractivity (Wildman–Crippen MR) is 76.3 cm³/mol. The summed E-state index contributed by atoms with van der Waals surface area (Å²) in [7, 11) is 0. The molecule has 94 valence electrons. The molecule has 0 aliphatic heterocycles. The lowest BCUT2D eigenvalue weighted by Gasteiger charge is -2.26. The van der Waals surface area contributed by atoms with E-state index in [0.717, 1.165) is 12.1 Å². The van der Waals surface area contributed by atoms with Crippen LogP contribution in [0.2, 0.25) is 0 Å². The molecule has 0 atom stereocenters. The van der Waals surface area contributed by atoms with Crippen LogP contribution in [0.3, 0.4) is 0 Å². The summed E-state index contributed by atoms with van der Waals surface area (Å²) in [5.41, 5.74) is 1.82. The highest BCUT2D eigenvalue weighted by Gasteiger charge is 2.17. The summed E-state index contributed by atoms with van der Waals surface area (Å²) in [6, 6.07) is 8.06. The van der Waals surface area contributed by atoms with Crippen LogP contribution in [-0.4, -0.2) is 22.4 Å². The fraction of sp³-hybridized carbons (Fsp3) is 0.462. The first-order valence-electron chi connectivity index (χ1n) is 5.76. The maximum Gasteiger partial charge on any atom is 0.171 e. The molecule has 3 N–H and O–H groups in total. The van der Waals surface area contributed by atoms with E-state index in [2.05, 4.69) is 23.6 Å². The van der Waals surface area contributed by atoms with E-state index in [4.69, 9.17) is 17.3 Å². The second-order valence-electron chi connectivity index (χ2n) is 4.63. The van der Waals surface area contributed by atoms with Gasteiger partial charge in [-0.2, -0.15) is 0 Å². The first-order chi connectivity index (χ1) is 7.98. The van der Waals surface area contributed by atoms with Crippen molar-refractivity contribution in [3.8, 4) is 0 Å². The molecule has 0 aromatic heterocycles. The molecule has 0 aliphatic rings. The number of benzene rings is 1. The summed E-state index contributed by atoms with van der Waals surface area (Å²) in [6.07, 6.45) is 0.954. The fourth-order valence-electron chi connectivity index (χ4n) is 1.45. The van der Waals surface area contributed by atoms with Gasteiger partial charge in [0.2, 0.25) is 0 Å². The van der Waals surface area contributed by atoms with Crippen LogP contribution in [0.1, 0.15) is 26.3 Å². The highest BCUT2D eigenvalue weighted by atomic mass is 32.1. The van der Waals surface area contributed by atoms with Crippen LogP contribution in [0.25, 0.3) is 0 Å². The lowest BCUT2D eigenvalue weighted by atomic mass is 10.1. The SMILES string of the molecule is CCc1ccccc1NC(=S)NC(C)(C)CO. The fourth-order valence-corrected chi connectivity index (χ4v) is 1.84. The molecular formula is C13H20N2OS. The van der Waals surface area contributed by atoms with Gasteiger partial charge in [-0.05, 0) is 44.1 Å². The van der Waals surface area contributed by atoms with E-state index < -0.39 is 5.54 Å². The third-order valence-electron chi connectivity index (χ3n) is 2.49. The minimum atomic E-state index is -0.411. The molecule has 0 bridgehead atoms. The van der Waals surface area contributed by atoms with Gasteiger partial charge < -0.3 is 15.7 Å². The van der Waals surface area contributed by atoms with Crippen LogP contribution in [0, 0.1) is 0 Å². The topological polar surface area (TPSA) is 44.3 Å². The van der Waals surface area contributed by atoms with Crippen LogP contribution < -0.4 is 10.6 Å². The molecule has 0 aliphatic carbocycles. The maximum absolute atomic E-state index is 9.16. The molecule has 0 radical (unpaired) electrons. The summed E-state index contributed by atoms with van der Waals surface area (Å²) in [5.74, 6) is 0. The Balaban J connectivity index is 2.68. The van der Waals surface area contributed by atoms with Gasteiger partial charge in [0.1, 0.15) is 0 Å². The average Bonchev–Trinajstić information content (AvgIpc) is 2.29. The minimum absolute atomic E-state index is 0.0320. The molecule has 1 aromatic carbocycles. The van der Waals surface area contributed by atoms with E-state index in [1.165, 1.54) is 5.56 Å². The third kappa shape index (κ3) is 4.32. The number of thiocarbonyl (C=S) groups is 1. The van der Waals surface area contributed by atoms with Gasteiger partial charge in [0.15, 0.2) is 5.11 Å². The second kappa shape index (κ2) is 5.98. The van der Waals surface area contributed by atoms with Gasteiger partial charge in [0.05, 0.1) is 12.1 Å². The quantitative estimate of drug-likeness (QED) is 0.720. The first-order valence-corrected chi connectivity index (χ1v) is 6.17. The van der Waals surface area contributed by atoms with Crippen molar-refractivity contribution in [3.05, 3.63) is 29.8 Å². The number of aliphatic hydroxyl groups is 1. The number of hydrogen-bond acceptors (Lipinski definition) is 2. The van der Waals surface area contributed by atoms with Gasteiger partial charge in [-0.1, -0.05) is 25.1 Å². The highest BCUT2D eigenvalue weighted by molar-refractivity contribution is 7.80. The average molecular weight is 252 g/mol. The van der Waals surface area contributed by atoms with Gasteiger partial charge in [-0.3, -0.25) is 0 Å². The van der Waals surface area contributed by atoms with Gasteiger partial charge in [0, 0.05) is 5.69 Å². The Hall–Kier alpha value is -1.13. The zero-order valence-corrected chi connectivity index (χ0v) is 11.4. The Morgan fingerprint density at radius 3 is 2.59 bits per heavy atom. The number of hydrogen-bond donors (Lipinski definition) is 3. The van der Waals surface area contributed by atoms with E-state index in [9.17, 15) is 0 Å². The molecule has 0 amide bonds. The molecule has 0 saturated heterocycles. The standard InChI is InChI=1S/C13H20N2OS/c1-4-10-7-5-6-8-11(10)14-12(17)15-13(2,3)9-16/h5-8,16H,4,9H2,1-3H3,(H2,14,15,17).